The van der Waals surface area contributed by atoms with Crippen LogP contribution in [0, 0.1) is 11.8 Å². The highest BCUT2D eigenvalue weighted by Crippen LogP contribution is 2.39. The Labute approximate surface area is 390 Å². The number of amidine groups is 1. The minimum absolute atomic E-state index is 0.0101. The number of para-hydroxylation sites is 2. The Hall–Kier alpha value is -7.37. The Morgan fingerprint density at radius 2 is 1.34 bits per heavy atom. The zero-order valence-corrected chi connectivity index (χ0v) is 39.1. The van der Waals surface area contributed by atoms with Gasteiger partial charge >= 0.3 is 11.4 Å². The number of aryl methyl sites for hydroxylation is 3. The summed E-state index contributed by atoms with van der Waals surface area (Å²) in [5.41, 5.74) is 13.7. The first-order valence-corrected chi connectivity index (χ1v) is 23.3. The molecule has 2 aromatic carbocycles. The molecule has 8 heterocycles. The van der Waals surface area contributed by atoms with E-state index in [2.05, 4.69) is 27.0 Å². The van der Waals surface area contributed by atoms with Crippen LogP contribution in [0.5, 0.6) is 0 Å². The van der Waals surface area contributed by atoms with Crippen molar-refractivity contribution < 1.29 is 0 Å². The molecule has 352 valence electrons. The highest BCUT2D eigenvalue weighted by atomic mass is 16.2. The smallest absolute Gasteiger partial charge is 0.332 e. The molecule has 5 aromatic heterocycles. The van der Waals surface area contributed by atoms with Gasteiger partial charge in [-0.05, 0) is 58.6 Å². The fourth-order valence-electron chi connectivity index (χ4n) is 10.3. The molecule has 5 N–H and O–H groups in total. The van der Waals surface area contributed by atoms with E-state index >= 15 is 0 Å². The summed E-state index contributed by atoms with van der Waals surface area (Å²) in [5.74, 6) is 7.86. The van der Waals surface area contributed by atoms with Crippen LogP contribution >= 0.6 is 0 Å². The quantitative estimate of drug-likeness (QED) is 0.167. The fourth-order valence-corrected chi connectivity index (χ4v) is 10.3. The fraction of sp³-hybridized carbons (Fsp3) is 0.438. The predicted molar refractivity (Wildman–Crippen MR) is 264 cm³/mol. The molecule has 0 bridgehead atoms. The molecule has 7 aromatic rings. The van der Waals surface area contributed by atoms with Crippen LogP contribution in [-0.4, -0.2) is 91.4 Å². The number of fused-ring (bicyclic) bond motifs is 4. The van der Waals surface area contributed by atoms with Crippen molar-refractivity contribution in [2.75, 3.05) is 41.3 Å². The molecule has 0 saturated carbocycles. The molecule has 10 rings (SSSR count). The molecule has 2 fully saturated rings. The summed E-state index contributed by atoms with van der Waals surface area (Å²) in [6.45, 7) is 8.65. The van der Waals surface area contributed by atoms with Gasteiger partial charge in [-0.3, -0.25) is 37.4 Å². The summed E-state index contributed by atoms with van der Waals surface area (Å²) < 4.78 is 8.83. The minimum atomic E-state index is -0.970. The molecule has 20 nitrogen and oxygen atoms in total. The molecule has 1 unspecified atom stereocenters. The van der Waals surface area contributed by atoms with Gasteiger partial charge in [0.05, 0.1) is 36.4 Å². The maximum Gasteiger partial charge on any atom is 0.332 e. The normalized spacial score (nSPS) is 19.5. The molecular weight excluding hydrogens is 865 g/mol. The van der Waals surface area contributed by atoms with Gasteiger partial charge in [-0.1, -0.05) is 42.3 Å². The molecule has 2 saturated heterocycles. The average molecular weight is 921 g/mol. The molecule has 0 radical (unpaired) electrons. The van der Waals surface area contributed by atoms with E-state index in [9.17, 15) is 19.2 Å². The Bertz CT molecular complexity index is 3510. The van der Waals surface area contributed by atoms with Gasteiger partial charge < -0.3 is 31.2 Å². The van der Waals surface area contributed by atoms with Crippen LogP contribution in [0.4, 0.5) is 17.6 Å². The standard InChI is InChI=1S/C48H56N16O4/c1-6-8-23-62-39-41(55-45(62)60-22-14-16-30(50)26-60)58(5)46(67)63(43(39)66)27-36-51-33-19-11-9-17-31(33)35(53-36)24-48(3)32-18-10-12-20-34(32)52-37(56-48)28-64-42(65)38-40(57(4)47(64)68)54-44(61(38)7-2)59-21-13-15-29(49)25-59/h9-12,17-20,29-30H,7,13-16,21-28,49-50H2,1-5H3,(H,52,56)/t29-,30-,48?/m1/s1. The van der Waals surface area contributed by atoms with Crippen molar-refractivity contribution in [2.45, 2.75) is 96.7 Å². The van der Waals surface area contributed by atoms with Crippen LogP contribution in [0.3, 0.4) is 0 Å². The molecule has 3 aliphatic rings. The zero-order chi connectivity index (χ0) is 47.6. The molecule has 0 spiro atoms. The molecule has 20 heteroatoms. The Morgan fingerprint density at radius 1 is 0.750 bits per heavy atom. The number of aromatic nitrogens is 10. The number of hydrogen-bond donors (Lipinski definition) is 3. The largest absolute Gasteiger partial charge is 0.342 e. The summed E-state index contributed by atoms with van der Waals surface area (Å²) in [4.78, 5) is 86.5. The van der Waals surface area contributed by atoms with Crippen LogP contribution in [0.15, 0.2) is 72.7 Å². The third kappa shape index (κ3) is 7.55. The van der Waals surface area contributed by atoms with E-state index in [1.54, 1.807) is 25.6 Å². The monoisotopic (exact) mass is 920 g/mol. The lowest BCUT2D eigenvalue weighted by Gasteiger charge is -2.34. The summed E-state index contributed by atoms with van der Waals surface area (Å²) >= 11 is 0. The molecule has 3 aliphatic heterocycles. The van der Waals surface area contributed by atoms with Crippen molar-refractivity contribution in [2.24, 2.45) is 30.6 Å². The zero-order valence-electron chi connectivity index (χ0n) is 39.1. The molecule has 0 amide bonds. The number of anilines is 3. The number of benzene rings is 2. The lowest BCUT2D eigenvalue weighted by Crippen LogP contribution is -2.44. The SMILES string of the molecule is CC#CCn1c(N2CCC[C@@H](N)C2)nc2c1c(=O)n(Cc1nc(CC3(C)N=C(Cn4c(=O)c5c(nc(N6CCC[C@@H](N)C6)n5CC)n(C)c4=O)Nc4ccccc43)c3ccccc3n1)c(=O)n2C. The molecular formula is C48H56N16O4. The van der Waals surface area contributed by atoms with Gasteiger partial charge in [0.2, 0.25) is 11.9 Å². The topological polar surface area (TPSA) is 232 Å². The van der Waals surface area contributed by atoms with Gasteiger partial charge in [-0.2, -0.15) is 9.97 Å². The first-order valence-electron chi connectivity index (χ1n) is 23.3. The van der Waals surface area contributed by atoms with Crippen LogP contribution < -0.4 is 49.1 Å². The van der Waals surface area contributed by atoms with Gasteiger partial charge in [0.1, 0.15) is 11.7 Å². The van der Waals surface area contributed by atoms with E-state index in [1.165, 1.54) is 13.7 Å². The van der Waals surface area contributed by atoms with Crippen molar-refractivity contribution in [3.63, 3.8) is 0 Å². The van der Waals surface area contributed by atoms with Crippen molar-refractivity contribution in [1.29, 1.82) is 0 Å². The van der Waals surface area contributed by atoms with E-state index < -0.39 is 28.0 Å². The van der Waals surface area contributed by atoms with Crippen molar-refractivity contribution in [3.05, 3.63) is 107 Å². The van der Waals surface area contributed by atoms with Crippen LogP contribution in [0.1, 0.15) is 63.5 Å². The van der Waals surface area contributed by atoms with E-state index in [0.717, 1.165) is 53.4 Å². The Kier molecular flexibility index (Phi) is 11.4. The van der Waals surface area contributed by atoms with E-state index in [4.69, 9.17) is 36.4 Å². The lowest BCUT2D eigenvalue weighted by molar-refractivity contribution is 0.483. The second kappa shape index (κ2) is 17.4. The van der Waals surface area contributed by atoms with E-state index in [-0.39, 0.29) is 55.1 Å². The summed E-state index contributed by atoms with van der Waals surface area (Å²) in [6, 6.07) is 15.3. The maximum atomic E-state index is 14.6. The number of nitrogens with one attached hydrogen (secondary N) is 1. The number of rotatable bonds is 10. The Balaban J connectivity index is 1.05. The van der Waals surface area contributed by atoms with E-state index in [0.29, 0.717) is 66.3 Å². The van der Waals surface area contributed by atoms with Crippen LogP contribution in [0.25, 0.3) is 33.2 Å². The highest BCUT2D eigenvalue weighted by Gasteiger charge is 2.36. The highest BCUT2D eigenvalue weighted by molar-refractivity contribution is 5.98. The number of nitrogens with zero attached hydrogens (tertiary/aromatic N) is 13. The number of imidazole rings is 2. The molecule has 0 aliphatic carbocycles. The third-order valence-corrected chi connectivity index (χ3v) is 13.7. The van der Waals surface area contributed by atoms with Crippen molar-refractivity contribution in [1.82, 2.24) is 47.3 Å². The van der Waals surface area contributed by atoms with Crippen LogP contribution in [0.2, 0.25) is 0 Å². The molecule has 3 atom stereocenters. The van der Waals surface area contributed by atoms with Crippen molar-refractivity contribution >= 4 is 56.7 Å². The number of nitrogens with two attached hydrogens (primary N) is 2. The average Bonchev–Trinajstić information content (AvgIpc) is 3.92. The first kappa shape index (κ1) is 44.5. The summed E-state index contributed by atoms with van der Waals surface area (Å²) in [7, 11) is 3.24. The maximum absolute atomic E-state index is 14.6. The predicted octanol–water partition coefficient (Wildman–Crippen LogP) is 1.98. The van der Waals surface area contributed by atoms with Crippen molar-refractivity contribution in [3.8, 4) is 11.8 Å². The van der Waals surface area contributed by atoms with Gasteiger partial charge in [-0.15, -0.1) is 5.92 Å². The first-order chi connectivity index (χ1) is 32.8. The van der Waals surface area contributed by atoms with Gasteiger partial charge in [0.25, 0.3) is 11.1 Å². The number of aliphatic imine (C=N–C) groups is 1. The van der Waals surface area contributed by atoms with Gasteiger partial charge in [0, 0.05) is 82.0 Å². The van der Waals surface area contributed by atoms with Gasteiger partial charge in [-0.25, -0.2) is 19.6 Å². The second-order valence-electron chi connectivity index (χ2n) is 18.4. The minimum Gasteiger partial charge on any atom is -0.342 e. The Morgan fingerprint density at radius 3 is 1.97 bits per heavy atom. The van der Waals surface area contributed by atoms with E-state index in [1.807, 2.05) is 66.9 Å². The molecule has 68 heavy (non-hydrogen) atoms. The van der Waals surface area contributed by atoms with Crippen LogP contribution in [-0.2, 0) is 52.2 Å². The van der Waals surface area contributed by atoms with Gasteiger partial charge in [0.15, 0.2) is 22.3 Å². The summed E-state index contributed by atoms with van der Waals surface area (Å²) in [5, 5.41) is 4.19. The summed E-state index contributed by atoms with van der Waals surface area (Å²) in [6.07, 6.45) is 3.85. The number of hydrogen-bond acceptors (Lipinski definition) is 14. The second-order valence-corrected chi connectivity index (χ2v) is 18.4. The number of piperidine rings is 2. The third-order valence-electron chi connectivity index (χ3n) is 13.7. The lowest BCUT2D eigenvalue weighted by atomic mass is 9.84.